The number of carbonyl (C=O) groups is 1. The van der Waals surface area contributed by atoms with Crippen LogP contribution in [0.4, 0.5) is 0 Å². The molecule has 2 fully saturated rings. The van der Waals surface area contributed by atoms with Crippen molar-refractivity contribution in [2.45, 2.75) is 43.5 Å². The molecule has 0 saturated carbocycles. The van der Waals surface area contributed by atoms with Crippen LogP contribution in [-0.4, -0.2) is 62.3 Å². The highest BCUT2D eigenvalue weighted by atomic mass is 32.2. The summed E-state index contributed by atoms with van der Waals surface area (Å²) in [6.45, 7) is 5.60. The second-order valence-electron chi connectivity index (χ2n) is 7.48. The van der Waals surface area contributed by atoms with E-state index in [9.17, 15) is 13.2 Å². The number of nitrogens with one attached hydrogen (secondary N) is 1. The molecule has 0 bridgehead atoms. The average Bonchev–Trinajstić information content (AvgIpc) is 3.19. The van der Waals surface area contributed by atoms with Gasteiger partial charge in [-0.3, -0.25) is 9.69 Å². The third kappa shape index (κ3) is 4.54. The van der Waals surface area contributed by atoms with Gasteiger partial charge in [-0.1, -0.05) is 6.92 Å². The Morgan fingerprint density at radius 1 is 1.18 bits per heavy atom. The maximum atomic E-state index is 12.8. The maximum Gasteiger partial charge on any atom is 0.243 e. The van der Waals surface area contributed by atoms with Crippen molar-refractivity contribution in [3.8, 4) is 6.07 Å². The lowest BCUT2D eigenvalue weighted by molar-refractivity contribution is -0.126. The van der Waals surface area contributed by atoms with Crippen LogP contribution in [0.25, 0.3) is 0 Å². The van der Waals surface area contributed by atoms with Crippen molar-refractivity contribution >= 4 is 15.9 Å². The van der Waals surface area contributed by atoms with Crippen LogP contribution in [0.5, 0.6) is 0 Å². The van der Waals surface area contributed by atoms with Crippen LogP contribution in [0.3, 0.4) is 0 Å². The van der Waals surface area contributed by atoms with E-state index in [1.165, 1.54) is 35.0 Å². The van der Waals surface area contributed by atoms with Gasteiger partial charge in [-0.2, -0.15) is 9.57 Å². The number of nitrogens with zero attached hydrogens (tertiary/aromatic N) is 3. The van der Waals surface area contributed by atoms with Crippen molar-refractivity contribution < 1.29 is 13.2 Å². The van der Waals surface area contributed by atoms with Crippen molar-refractivity contribution in [3.63, 3.8) is 0 Å². The Kier molecular flexibility index (Phi) is 6.70. The van der Waals surface area contributed by atoms with E-state index in [2.05, 4.69) is 17.1 Å². The predicted octanol–water partition coefficient (Wildman–Crippen LogP) is 1.56. The molecule has 0 spiro atoms. The van der Waals surface area contributed by atoms with Gasteiger partial charge in [0.05, 0.1) is 16.5 Å². The number of nitriles is 1. The zero-order chi connectivity index (χ0) is 20.1. The minimum atomic E-state index is -3.59. The first-order chi connectivity index (χ1) is 13.5. The average molecular weight is 405 g/mol. The summed E-state index contributed by atoms with van der Waals surface area (Å²) in [6.07, 6.45) is 3.36. The number of sulfonamides is 1. The van der Waals surface area contributed by atoms with Crippen LogP contribution < -0.4 is 5.32 Å². The summed E-state index contributed by atoms with van der Waals surface area (Å²) >= 11 is 0. The summed E-state index contributed by atoms with van der Waals surface area (Å²) < 4.78 is 27.0. The van der Waals surface area contributed by atoms with Crippen molar-refractivity contribution in [3.05, 3.63) is 29.8 Å². The first-order valence-electron chi connectivity index (χ1n) is 9.97. The standard InChI is InChI=1S/C20H28N4O3S/c1-2-23-11-3-4-18(23)15-22-20(25)17-9-12-24(13-10-17)28(26,27)19-7-5-16(14-21)6-8-19/h5-8,17-18H,2-4,9-13,15H2,1H3,(H,22,25)/t18-/m0/s1. The van der Waals surface area contributed by atoms with Gasteiger partial charge in [0.25, 0.3) is 0 Å². The number of benzene rings is 1. The van der Waals surface area contributed by atoms with Crippen LogP contribution in [-0.2, 0) is 14.8 Å². The molecule has 7 nitrogen and oxygen atoms in total. The number of hydrogen-bond acceptors (Lipinski definition) is 5. The summed E-state index contributed by atoms with van der Waals surface area (Å²) in [5.41, 5.74) is 0.429. The first kappa shape index (κ1) is 20.8. The van der Waals surface area contributed by atoms with Gasteiger partial charge in [0.2, 0.25) is 15.9 Å². The number of carbonyl (C=O) groups excluding carboxylic acids is 1. The quantitative estimate of drug-likeness (QED) is 0.777. The fourth-order valence-corrected chi connectivity index (χ4v) is 5.58. The lowest BCUT2D eigenvalue weighted by Crippen LogP contribution is -2.45. The molecule has 1 N–H and O–H groups in total. The zero-order valence-electron chi connectivity index (χ0n) is 16.3. The Hall–Kier alpha value is -1.95. The third-order valence-corrected chi connectivity index (χ3v) is 7.78. The predicted molar refractivity (Wildman–Crippen MR) is 106 cm³/mol. The summed E-state index contributed by atoms with van der Waals surface area (Å²) in [5.74, 6) is -0.0951. The van der Waals surface area contributed by atoms with Crippen LogP contribution in [0.2, 0.25) is 0 Å². The van der Waals surface area contributed by atoms with E-state index < -0.39 is 10.0 Å². The lowest BCUT2D eigenvalue weighted by atomic mass is 9.97. The number of rotatable bonds is 6. The van der Waals surface area contributed by atoms with Gasteiger partial charge < -0.3 is 5.32 Å². The molecule has 2 heterocycles. The molecule has 8 heteroatoms. The SMILES string of the molecule is CCN1CCC[C@H]1CNC(=O)C1CCN(S(=O)(=O)c2ccc(C#N)cc2)CC1. The maximum absolute atomic E-state index is 12.8. The largest absolute Gasteiger partial charge is 0.354 e. The fraction of sp³-hybridized carbons (Fsp3) is 0.600. The van der Waals surface area contributed by atoms with Crippen molar-refractivity contribution in [1.82, 2.24) is 14.5 Å². The molecule has 2 saturated heterocycles. The minimum Gasteiger partial charge on any atom is -0.354 e. The van der Waals surface area contributed by atoms with Crippen LogP contribution in [0.15, 0.2) is 29.2 Å². The Bertz CT molecular complexity index is 824. The summed E-state index contributed by atoms with van der Waals surface area (Å²) in [5, 5.41) is 11.9. The number of likely N-dealkylation sites (tertiary alicyclic amines) is 1. The molecule has 1 atom stereocenters. The number of hydrogen-bond donors (Lipinski definition) is 1. The molecule has 2 aliphatic heterocycles. The number of piperidine rings is 1. The van der Waals surface area contributed by atoms with Gasteiger partial charge >= 0.3 is 0 Å². The monoisotopic (exact) mass is 404 g/mol. The van der Waals surface area contributed by atoms with Crippen molar-refractivity contribution in [1.29, 1.82) is 5.26 Å². The fourth-order valence-electron chi connectivity index (χ4n) is 4.11. The van der Waals surface area contributed by atoms with E-state index in [-0.39, 0.29) is 16.7 Å². The van der Waals surface area contributed by atoms with E-state index in [0.29, 0.717) is 44.1 Å². The van der Waals surface area contributed by atoms with E-state index in [4.69, 9.17) is 5.26 Å². The highest BCUT2D eigenvalue weighted by molar-refractivity contribution is 7.89. The zero-order valence-corrected chi connectivity index (χ0v) is 17.1. The summed E-state index contributed by atoms with van der Waals surface area (Å²) in [7, 11) is -3.59. The van der Waals surface area contributed by atoms with Gasteiger partial charge in [0.15, 0.2) is 0 Å². The smallest absolute Gasteiger partial charge is 0.243 e. The molecule has 2 aliphatic rings. The molecular formula is C20H28N4O3S. The number of amides is 1. The molecule has 0 radical (unpaired) electrons. The minimum absolute atomic E-state index is 0.0402. The summed E-state index contributed by atoms with van der Waals surface area (Å²) in [6, 6.07) is 8.36. The molecule has 1 amide bonds. The van der Waals surface area contributed by atoms with Crippen molar-refractivity contribution in [2.75, 3.05) is 32.7 Å². The highest BCUT2D eigenvalue weighted by Gasteiger charge is 2.32. The first-order valence-corrected chi connectivity index (χ1v) is 11.4. The normalized spacial score (nSPS) is 22.1. The molecule has 0 aliphatic carbocycles. The Morgan fingerprint density at radius 2 is 1.86 bits per heavy atom. The lowest BCUT2D eigenvalue weighted by Gasteiger charge is -2.31. The topological polar surface area (TPSA) is 93.5 Å². The van der Waals surface area contributed by atoms with E-state index >= 15 is 0 Å². The Morgan fingerprint density at radius 3 is 2.46 bits per heavy atom. The van der Waals surface area contributed by atoms with E-state index in [1.54, 1.807) is 0 Å². The van der Waals surface area contributed by atoms with Crippen LogP contribution in [0, 0.1) is 17.2 Å². The van der Waals surface area contributed by atoms with E-state index in [0.717, 1.165) is 19.5 Å². The molecule has 1 aromatic rings. The van der Waals surface area contributed by atoms with Gasteiger partial charge in [0, 0.05) is 31.6 Å². The Balaban J connectivity index is 1.52. The van der Waals surface area contributed by atoms with Gasteiger partial charge in [0.1, 0.15) is 0 Å². The van der Waals surface area contributed by atoms with Crippen molar-refractivity contribution in [2.24, 2.45) is 5.92 Å². The van der Waals surface area contributed by atoms with Gasteiger partial charge in [-0.15, -0.1) is 0 Å². The van der Waals surface area contributed by atoms with E-state index in [1.807, 2.05) is 6.07 Å². The highest BCUT2D eigenvalue weighted by Crippen LogP contribution is 2.24. The van der Waals surface area contributed by atoms with Crippen LogP contribution >= 0.6 is 0 Å². The molecule has 3 rings (SSSR count). The molecule has 152 valence electrons. The molecule has 28 heavy (non-hydrogen) atoms. The molecule has 0 aromatic heterocycles. The van der Waals surface area contributed by atoms with Crippen LogP contribution in [0.1, 0.15) is 38.2 Å². The number of likely N-dealkylation sites (N-methyl/N-ethyl adjacent to an activating group) is 1. The van der Waals surface area contributed by atoms with Gasteiger partial charge in [-0.25, -0.2) is 8.42 Å². The molecular weight excluding hydrogens is 376 g/mol. The summed E-state index contributed by atoms with van der Waals surface area (Å²) in [4.78, 5) is 15.1. The Labute approximate surface area is 167 Å². The second-order valence-corrected chi connectivity index (χ2v) is 9.42. The third-order valence-electron chi connectivity index (χ3n) is 5.86. The molecule has 1 aromatic carbocycles. The van der Waals surface area contributed by atoms with Gasteiger partial charge in [-0.05, 0) is 63.0 Å². The second kappa shape index (κ2) is 9.03. The molecule has 0 unspecified atom stereocenters.